The first-order valence-electron chi connectivity index (χ1n) is 4.48. The van der Waals surface area contributed by atoms with Crippen molar-refractivity contribution in [3.8, 4) is 0 Å². The maximum absolute atomic E-state index is 5.49. The Morgan fingerprint density at radius 1 is 1.47 bits per heavy atom. The minimum absolute atomic E-state index is 0.533. The third kappa shape index (κ3) is 2.63. The Bertz CT molecular complexity index is 436. The molecule has 6 heteroatoms. The highest BCUT2D eigenvalue weighted by atomic mass is 32.1. The molecule has 0 spiro atoms. The van der Waals surface area contributed by atoms with Crippen molar-refractivity contribution in [2.75, 3.05) is 11.1 Å². The third-order valence-corrected chi connectivity index (χ3v) is 2.58. The van der Waals surface area contributed by atoms with Crippen LogP contribution in [0.2, 0.25) is 0 Å². The number of anilines is 2. The average molecular weight is 221 g/mol. The molecule has 0 aromatic carbocycles. The number of nitrogens with two attached hydrogens (primary N) is 1. The fourth-order valence-corrected chi connectivity index (χ4v) is 1.66. The van der Waals surface area contributed by atoms with Gasteiger partial charge in [0, 0.05) is 24.3 Å². The van der Waals surface area contributed by atoms with E-state index < -0.39 is 0 Å². The average Bonchev–Trinajstić information content (AvgIpc) is 2.64. The van der Waals surface area contributed by atoms with Gasteiger partial charge in [0.1, 0.15) is 11.6 Å². The van der Waals surface area contributed by atoms with Crippen LogP contribution in [-0.2, 0) is 6.54 Å². The van der Waals surface area contributed by atoms with Crippen LogP contribution in [0.4, 0.5) is 10.9 Å². The maximum Gasteiger partial charge on any atom is 0.202 e. The molecule has 0 radical (unpaired) electrons. The zero-order valence-corrected chi connectivity index (χ0v) is 9.08. The molecule has 2 aromatic rings. The molecule has 78 valence electrons. The smallest absolute Gasteiger partial charge is 0.202 e. The van der Waals surface area contributed by atoms with E-state index in [1.165, 1.54) is 11.5 Å². The van der Waals surface area contributed by atoms with E-state index in [2.05, 4.69) is 19.7 Å². The van der Waals surface area contributed by atoms with Crippen LogP contribution in [0, 0.1) is 6.92 Å². The molecular formula is C9H11N5S. The van der Waals surface area contributed by atoms with Crippen LogP contribution < -0.4 is 11.1 Å². The summed E-state index contributed by atoms with van der Waals surface area (Å²) in [4.78, 5) is 8.20. The quantitative estimate of drug-likeness (QED) is 0.820. The largest absolute Gasteiger partial charge is 0.384 e. The van der Waals surface area contributed by atoms with E-state index in [1.807, 2.05) is 13.0 Å². The van der Waals surface area contributed by atoms with Crippen molar-refractivity contribution >= 4 is 22.5 Å². The number of hydrogen-bond donors (Lipinski definition) is 2. The number of aromatic nitrogens is 3. The molecule has 15 heavy (non-hydrogen) atoms. The number of nitrogens with zero attached hydrogens (tertiary/aromatic N) is 3. The first kappa shape index (κ1) is 9.85. The minimum atomic E-state index is 0.533. The summed E-state index contributed by atoms with van der Waals surface area (Å²) in [5.74, 6) is 1.32. The summed E-state index contributed by atoms with van der Waals surface area (Å²) in [6, 6.07) is 3.71. The van der Waals surface area contributed by atoms with Crippen molar-refractivity contribution in [3.63, 3.8) is 0 Å². The van der Waals surface area contributed by atoms with E-state index in [-0.39, 0.29) is 0 Å². The summed E-state index contributed by atoms with van der Waals surface area (Å²) in [5.41, 5.74) is 6.55. The summed E-state index contributed by atoms with van der Waals surface area (Å²) < 4.78 is 4.08. The predicted molar refractivity (Wildman–Crippen MR) is 60.6 cm³/mol. The van der Waals surface area contributed by atoms with Gasteiger partial charge in [0.05, 0.1) is 0 Å². The van der Waals surface area contributed by atoms with Gasteiger partial charge in [0.15, 0.2) is 0 Å². The molecule has 0 atom stereocenters. The molecule has 0 saturated carbocycles. The van der Waals surface area contributed by atoms with Crippen LogP contribution in [0.3, 0.4) is 0 Å². The Morgan fingerprint density at radius 2 is 2.33 bits per heavy atom. The molecule has 3 N–H and O–H groups in total. The van der Waals surface area contributed by atoms with E-state index in [9.17, 15) is 0 Å². The molecule has 0 aliphatic rings. The van der Waals surface area contributed by atoms with Crippen molar-refractivity contribution in [2.45, 2.75) is 13.5 Å². The van der Waals surface area contributed by atoms with Crippen LogP contribution in [0.1, 0.15) is 11.4 Å². The summed E-state index contributed by atoms with van der Waals surface area (Å²) in [6.07, 6.45) is 1.75. The van der Waals surface area contributed by atoms with E-state index >= 15 is 0 Å². The molecule has 5 nitrogen and oxygen atoms in total. The van der Waals surface area contributed by atoms with E-state index in [0.717, 1.165) is 16.5 Å². The van der Waals surface area contributed by atoms with Crippen molar-refractivity contribution in [3.05, 3.63) is 29.7 Å². The molecular weight excluding hydrogens is 210 g/mol. The van der Waals surface area contributed by atoms with Gasteiger partial charge >= 0.3 is 0 Å². The van der Waals surface area contributed by atoms with Crippen LogP contribution in [0.5, 0.6) is 0 Å². The molecule has 0 amide bonds. The zero-order valence-electron chi connectivity index (χ0n) is 8.27. The van der Waals surface area contributed by atoms with Crippen molar-refractivity contribution in [1.29, 1.82) is 0 Å². The van der Waals surface area contributed by atoms with Gasteiger partial charge in [0.2, 0.25) is 5.13 Å². The molecule has 0 aliphatic heterocycles. The number of hydrogen-bond acceptors (Lipinski definition) is 6. The highest BCUT2D eigenvalue weighted by Gasteiger charge is 1.99. The second kappa shape index (κ2) is 4.22. The van der Waals surface area contributed by atoms with Crippen LogP contribution in [-0.4, -0.2) is 14.3 Å². The molecule has 2 rings (SSSR count). The number of nitrogens with one attached hydrogen (secondary N) is 1. The molecule has 2 heterocycles. The molecule has 2 aromatic heterocycles. The normalized spacial score (nSPS) is 10.2. The summed E-state index contributed by atoms with van der Waals surface area (Å²) in [5, 5.41) is 3.99. The Kier molecular flexibility index (Phi) is 2.77. The van der Waals surface area contributed by atoms with Gasteiger partial charge in [-0.2, -0.15) is 4.37 Å². The molecule has 0 bridgehead atoms. The lowest BCUT2D eigenvalue weighted by Gasteiger charge is -2.01. The van der Waals surface area contributed by atoms with Gasteiger partial charge in [-0.3, -0.25) is 0 Å². The van der Waals surface area contributed by atoms with Gasteiger partial charge in [-0.05, 0) is 18.6 Å². The van der Waals surface area contributed by atoms with E-state index in [0.29, 0.717) is 12.4 Å². The first-order chi connectivity index (χ1) is 7.24. The van der Waals surface area contributed by atoms with Gasteiger partial charge < -0.3 is 11.1 Å². The Labute approximate surface area is 91.5 Å². The second-order valence-corrected chi connectivity index (χ2v) is 3.84. The highest BCUT2D eigenvalue weighted by Crippen LogP contribution is 2.11. The van der Waals surface area contributed by atoms with E-state index in [4.69, 9.17) is 5.73 Å². The predicted octanol–water partition coefficient (Wildman–Crippen LogP) is 1.44. The van der Waals surface area contributed by atoms with Gasteiger partial charge in [-0.1, -0.05) is 6.07 Å². The Balaban J connectivity index is 1.96. The second-order valence-electron chi connectivity index (χ2n) is 3.09. The zero-order chi connectivity index (χ0) is 10.7. The fraction of sp³-hybridized carbons (Fsp3) is 0.222. The molecule has 0 fully saturated rings. The number of aryl methyl sites for hydroxylation is 1. The SMILES string of the molecule is Cc1nsc(NCc2ccc(N)nc2)n1. The molecule has 0 saturated heterocycles. The van der Waals surface area contributed by atoms with Gasteiger partial charge in [-0.15, -0.1) is 0 Å². The first-order valence-corrected chi connectivity index (χ1v) is 5.26. The molecule has 0 aliphatic carbocycles. The topological polar surface area (TPSA) is 76.7 Å². The number of nitrogen functional groups attached to an aromatic ring is 1. The lowest BCUT2D eigenvalue weighted by molar-refractivity contribution is 1.09. The third-order valence-electron chi connectivity index (χ3n) is 1.82. The minimum Gasteiger partial charge on any atom is -0.384 e. The van der Waals surface area contributed by atoms with Crippen LogP contribution in [0.25, 0.3) is 0 Å². The van der Waals surface area contributed by atoms with Crippen LogP contribution >= 0.6 is 11.5 Å². The standard InChI is InChI=1S/C9H11N5S/c1-6-13-9(15-14-6)12-5-7-2-3-8(10)11-4-7/h2-4H,5H2,1H3,(H2,10,11)(H,12,13,14). The maximum atomic E-state index is 5.49. The van der Waals surface area contributed by atoms with Crippen molar-refractivity contribution < 1.29 is 0 Å². The van der Waals surface area contributed by atoms with Crippen molar-refractivity contribution in [1.82, 2.24) is 14.3 Å². The van der Waals surface area contributed by atoms with Crippen LogP contribution in [0.15, 0.2) is 18.3 Å². The monoisotopic (exact) mass is 221 g/mol. The lowest BCUT2D eigenvalue weighted by Crippen LogP contribution is -2.00. The van der Waals surface area contributed by atoms with Crippen molar-refractivity contribution in [2.24, 2.45) is 0 Å². The van der Waals surface area contributed by atoms with E-state index in [1.54, 1.807) is 12.3 Å². The molecule has 0 unspecified atom stereocenters. The lowest BCUT2D eigenvalue weighted by atomic mass is 10.3. The summed E-state index contributed by atoms with van der Waals surface area (Å²) in [7, 11) is 0. The van der Waals surface area contributed by atoms with Gasteiger partial charge in [-0.25, -0.2) is 9.97 Å². The summed E-state index contributed by atoms with van der Waals surface area (Å²) >= 11 is 1.35. The highest BCUT2D eigenvalue weighted by molar-refractivity contribution is 7.09. The number of pyridine rings is 1. The number of rotatable bonds is 3. The summed E-state index contributed by atoms with van der Waals surface area (Å²) in [6.45, 7) is 2.55. The Hall–Kier alpha value is -1.69. The fourth-order valence-electron chi connectivity index (χ4n) is 1.09. The van der Waals surface area contributed by atoms with Gasteiger partial charge in [0.25, 0.3) is 0 Å². The Morgan fingerprint density at radius 3 is 2.93 bits per heavy atom.